The molecule has 3 nitrogen and oxygen atoms in total. The van der Waals surface area contributed by atoms with Gasteiger partial charge in [0.1, 0.15) is 0 Å². The van der Waals surface area contributed by atoms with E-state index in [-0.39, 0.29) is 11.9 Å². The molecule has 0 aromatic heterocycles. The molecule has 2 aromatic carbocycles. The van der Waals surface area contributed by atoms with Gasteiger partial charge in [-0.2, -0.15) is 0 Å². The molecule has 124 valence electrons. The van der Waals surface area contributed by atoms with Crippen molar-refractivity contribution in [2.45, 2.75) is 38.3 Å². The maximum absolute atomic E-state index is 12.2. The van der Waals surface area contributed by atoms with Crippen LogP contribution in [0, 0.1) is 0 Å². The number of nitrogens with one attached hydrogen (secondary N) is 1. The average Bonchev–Trinajstić information content (AvgIpc) is 2.99. The molecule has 1 aliphatic heterocycles. The Balaban J connectivity index is 1.56. The molecule has 1 unspecified atom stereocenters. The summed E-state index contributed by atoms with van der Waals surface area (Å²) < 4.78 is 0. The molecule has 0 saturated carbocycles. The Kier molecular flexibility index (Phi) is 4.11. The van der Waals surface area contributed by atoms with Gasteiger partial charge in [-0.15, -0.1) is 0 Å². The zero-order chi connectivity index (χ0) is 16.5. The fourth-order valence-corrected chi connectivity index (χ4v) is 4.18. The third-order valence-electron chi connectivity index (χ3n) is 5.41. The van der Waals surface area contributed by atoms with Crippen molar-refractivity contribution in [3.8, 4) is 11.1 Å². The molecule has 24 heavy (non-hydrogen) atoms. The first kappa shape index (κ1) is 15.4. The predicted octanol–water partition coefficient (Wildman–Crippen LogP) is 3.36. The molecule has 1 amide bonds. The Labute approximate surface area is 143 Å². The number of hydrogen-bond acceptors (Lipinski definition) is 2. The van der Waals surface area contributed by atoms with Crippen LogP contribution in [0.15, 0.2) is 42.5 Å². The Hall–Kier alpha value is -2.13. The molecule has 2 aliphatic rings. The predicted molar refractivity (Wildman–Crippen MR) is 96.8 cm³/mol. The largest absolute Gasteiger partial charge is 0.358 e. The highest BCUT2D eigenvalue weighted by Gasteiger charge is 2.28. The van der Waals surface area contributed by atoms with Crippen LogP contribution in [0.5, 0.6) is 0 Å². The molecule has 4 rings (SSSR count). The van der Waals surface area contributed by atoms with Gasteiger partial charge in [0.05, 0.1) is 6.04 Å². The van der Waals surface area contributed by atoms with Crippen molar-refractivity contribution < 1.29 is 4.79 Å². The van der Waals surface area contributed by atoms with E-state index in [4.69, 9.17) is 0 Å². The Morgan fingerprint density at radius 3 is 2.83 bits per heavy atom. The fraction of sp³-hybridized carbons (Fsp3) is 0.381. The number of piperidine rings is 1. The van der Waals surface area contributed by atoms with E-state index in [1.165, 1.54) is 34.2 Å². The summed E-state index contributed by atoms with van der Waals surface area (Å²) in [4.78, 5) is 14.5. The second-order valence-electron chi connectivity index (χ2n) is 6.92. The normalized spacial score (nSPS) is 19.6. The monoisotopic (exact) mass is 320 g/mol. The van der Waals surface area contributed by atoms with E-state index < -0.39 is 0 Å². The summed E-state index contributed by atoms with van der Waals surface area (Å²) in [5.74, 6) is 0.156. The number of fused-ring (bicyclic) bond motifs is 3. The minimum atomic E-state index is 0.0224. The van der Waals surface area contributed by atoms with E-state index in [2.05, 4.69) is 52.7 Å². The van der Waals surface area contributed by atoms with Crippen LogP contribution >= 0.6 is 0 Å². The van der Waals surface area contributed by atoms with E-state index >= 15 is 0 Å². The van der Waals surface area contributed by atoms with Crippen LogP contribution in [0.2, 0.25) is 0 Å². The van der Waals surface area contributed by atoms with Gasteiger partial charge in [0.15, 0.2) is 0 Å². The molecule has 1 saturated heterocycles. The highest BCUT2D eigenvalue weighted by Crippen LogP contribution is 2.37. The van der Waals surface area contributed by atoms with Crippen molar-refractivity contribution in [1.29, 1.82) is 0 Å². The second kappa shape index (κ2) is 6.40. The smallest absolute Gasteiger partial charge is 0.237 e. The van der Waals surface area contributed by atoms with E-state index in [1.807, 2.05) is 0 Å². The molecule has 0 radical (unpaired) electrons. The summed E-state index contributed by atoms with van der Waals surface area (Å²) in [7, 11) is 1.74. The zero-order valence-corrected chi connectivity index (χ0v) is 14.2. The first-order valence-electron chi connectivity index (χ1n) is 8.92. The Bertz CT molecular complexity index is 768. The maximum atomic E-state index is 12.2. The topological polar surface area (TPSA) is 32.3 Å². The van der Waals surface area contributed by atoms with Gasteiger partial charge in [-0.25, -0.2) is 0 Å². The van der Waals surface area contributed by atoms with Crippen LogP contribution in [-0.4, -0.2) is 30.4 Å². The molecule has 1 fully saturated rings. The van der Waals surface area contributed by atoms with Crippen molar-refractivity contribution in [3.63, 3.8) is 0 Å². The van der Waals surface area contributed by atoms with E-state index in [9.17, 15) is 4.79 Å². The number of carbonyl (C=O) groups excluding carboxylic acids is 1. The Morgan fingerprint density at radius 1 is 1.12 bits per heavy atom. The van der Waals surface area contributed by atoms with Crippen molar-refractivity contribution in [2.75, 3.05) is 13.6 Å². The summed E-state index contributed by atoms with van der Waals surface area (Å²) in [6.07, 6.45) is 4.33. The average molecular weight is 320 g/mol. The summed E-state index contributed by atoms with van der Waals surface area (Å²) in [6, 6.07) is 15.5. The second-order valence-corrected chi connectivity index (χ2v) is 6.92. The van der Waals surface area contributed by atoms with Gasteiger partial charge in [-0.3, -0.25) is 9.69 Å². The Morgan fingerprint density at radius 2 is 1.96 bits per heavy atom. The number of rotatable bonds is 3. The van der Waals surface area contributed by atoms with Gasteiger partial charge in [0, 0.05) is 13.6 Å². The molecule has 1 heterocycles. The van der Waals surface area contributed by atoms with Crippen molar-refractivity contribution in [2.24, 2.45) is 0 Å². The molecule has 3 heteroatoms. The van der Waals surface area contributed by atoms with Crippen LogP contribution in [0.1, 0.15) is 36.0 Å². The number of likely N-dealkylation sites (N-methyl/N-ethyl adjacent to an activating group) is 1. The quantitative estimate of drug-likeness (QED) is 0.802. The number of benzene rings is 2. The summed E-state index contributed by atoms with van der Waals surface area (Å²) in [5.41, 5.74) is 6.90. The third-order valence-corrected chi connectivity index (χ3v) is 5.41. The van der Waals surface area contributed by atoms with Gasteiger partial charge in [-0.05, 0) is 53.6 Å². The van der Waals surface area contributed by atoms with Gasteiger partial charge in [-0.1, -0.05) is 48.9 Å². The van der Waals surface area contributed by atoms with Crippen LogP contribution < -0.4 is 5.32 Å². The van der Waals surface area contributed by atoms with E-state index in [1.54, 1.807) is 7.05 Å². The molecule has 2 aromatic rings. The van der Waals surface area contributed by atoms with E-state index in [0.717, 1.165) is 32.4 Å². The zero-order valence-electron chi connectivity index (χ0n) is 14.2. The van der Waals surface area contributed by atoms with Gasteiger partial charge in [0.2, 0.25) is 5.91 Å². The van der Waals surface area contributed by atoms with Crippen LogP contribution in [0.4, 0.5) is 0 Å². The molecule has 1 atom stereocenters. The molecule has 0 spiro atoms. The molecular formula is C21H24N2O. The van der Waals surface area contributed by atoms with Gasteiger partial charge in [0.25, 0.3) is 0 Å². The number of likely N-dealkylation sites (tertiary alicyclic amines) is 1. The molecule has 0 bridgehead atoms. The van der Waals surface area contributed by atoms with Crippen LogP contribution in [-0.2, 0) is 17.8 Å². The minimum absolute atomic E-state index is 0.0224. The van der Waals surface area contributed by atoms with Crippen LogP contribution in [0.25, 0.3) is 11.1 Å². The highest BCUT2D eigenvalue weighted by molar-refractivity contribution is 5.81. The minimum Gasteiger partial charge on any atom is -0.358 e. The highest BCUT2D eigenvalue weighted by atomic mass is 16.2. The van der Waals surface area contributed by atoms with E-state index in [0.29, 0.717) is 0 Å². The summed E-state index contributed by atoms with van der Waals surface area (Å²) in [6.45, 7) is 1.87. The fourth-order valence-electron chi connectivity index (χ4n) is 4.18. The lowest BCUT2D eigenvalue weighted by molar-refractivity contribution is -0.127. The lowest BCUT2D eigenvalue weighted by atomic mass is 9.99. The number of hydrogen-bond donors (Lipinski definition) is 1. The van der Waals surface area contributed by atoms with Gasteiger partial charge >= 0.3 is 0 Å². The number of nitrogens with zero attached hydrogens (tertiary/aromatic N) is 1. The molecule has 1 N–H and O–H groups in total. The van der Waals surface area contributed by atoms with Crippen molar-refractivity contribution >= 4 is 5.91 Å². The summed E-state index contributed by atoms with van der Waals surface area (Å²) in [5, 5.41) is 2.82. The first-order valence-corrected chi connectivity index (χ1v) is 8.92. The van der Waals surface area contributed by atoms with Crippen LogP contribution in [0.3, 0.4) is 0 Å². The number of carbonyl (C=O) groups is 1. The first-order chi connectivity index (χ1) is 11.8. The third kappa shape index (κ3) is 2.73. The number of amides is 1. The molecular weight excluding hydrogens is 296 g/mol. The summed E-state index contributed by atoms with van der Waals surface area (Å²) >= 11 is 0. The lowest BCUT2D eigenvalue weighted by Crippen LogP contribution is -2.48. The van der Waals surface area contributed by atoms with Crippen molar-refractivity contribution in [1.82, 2.24) is 10.2 Å². The standard InChI is InChI=1S/C21H24N2O/c1-22-21(24)20-8-4-5-11-23(20)14-15-9-10-19-17(12-15)13-16-6-2-3-7-18(16)19/h2-3,6-7,9-10,12,20H,4-5,8,11,13-14H2,1H3,(H,22,24). The van der Waals surface area contributed by atoms with Crippen molar-refractivity contribution in [3.05, 3.63) is 59.2 Å². The SMILES string of the molecule is CNC(=O)C1CCCCN1Cc1ccc2c(c1)Cc1ccccc1-2. The maximum Gasteiger partial charge on any atom is 0.237 e. The van der Waals surface area contributed by atoms with Gasteiger partial charge < -0.3 is 5.32 Å². The lowest BCUT2D eigenvalue weighted by Gasteiger charge is -2.34. The molecule has 1 aliphatic carbocycles.